The summed E-state index contributed by atoms with van der Waals surface area (Å²) in [5.74, 6) is -1.86. The number of imide groups is 2. The summed E-state index contributed by atoms with van der Waals surface area (Å²) in [5, 5.41) is 5.70. The summed E-state index contributed by atoms with van der Waals surface area (Å²) >= 11 is 0. The highest BCUT2D eigenvalue weighted by molar-refractivity contribution is 6.23. The molecular weight excluding hydrogens is 348 g/mol. The predicted octanol–water partition coefficient (Wildman–Crippen LogP) is -0.366. The van der Waals surface area contributed by atoms with Crippen LogP contribution in [0, 0.1) is 0 Å². The molecule has 4 amide bonds. The van der Waals surface area contributed by atoms with E-state index in [0.29, 0.717) is 23.2 Å². The van der Waals surface area contributed by atoms with Crippen LogP contribution >= 0.6 is 0 Å². The molecule has 27 heavy (non-hydrogen) atoms. The second-order valence-electron chi connectivity index (χ2n) is 7.82. The first-order valence-corrected chi connectivity index (χ1v) is 9.32. The van der Waals surface area contributed by atoms with Gasteiger partial charge in [-0.25, -0.2) is 0 Å². The summed E-state index contributed by atoms with van der Waals surface area (Å²) in [4.78, 5) is 52.4. The van der Waals surface area contributed by atoms with E-state index in [9.17, 15) is 19.2 Å². The van der Waals surface area contributed by atoms with Crippen molar-refractivity contribution >= 4 is 23.6 Å². The van der Waals surface area contributed by atoms with Gasteiger partial charge in [-0.2, -0.15) is 0 Å². The van der Waals surface area contributed by atoms with Gasteiger partial charge in [0.1, 0.15) is 6.04 Å². The number of hydrogen-bond acceptors (Lipinski definition) is 6. The van der Waals surface area contributed by atoms with Crippen molar-refractivity contribution in [3.8, 4) is 0 Å². The average molecular weight is 368 g/mol. The topological polar surface area (TPSA) is 98.8 Å². The highest BCUT2D eigenvalue weighted by atomic mass is 16.2. The van der Waals surface area contributed by atoms with Crippen LogP contribution in [0.5, 0.6) is 0 Å². The molecule has 4 fully saturated rings. The number of hydrogen-bond donors (Lipinski definition) is 2. The molecule has 3 atom stereocenters. The van der Waals surface area contributed by atoms with Crippen LogP contribution < -0.4 is 10.6 Å². The van der Waals surface area contributed by atoms with Gasteiger partial charge < -0.3 is 5.32 Å². The maximum Gasteiger partial charge on any atom is 0.262 e. The summed E-state index contributed by atoms with van der Waals surface area (Å²) in [6, 6.07) is 5.54. The second kappa shape index (κ2) is 5.97. The highest BCUT2D eigenvalue weighted by Gasteiger charge is 2.44. The van der Waals surface area contributed by atoms with Gasteiger partial charge in [-0.15, -0.1) is 0 Å². The molecular formula is C19H20N4O4. The van der Waals surface area contributed by atoms with Crippen molar-refractivity contribution in [2.24, 2.45) is 0 Å². The first-order valence-electron chi connectivity index (χ1n) is 9.32. The number of fused-ring (bicyclic) bond motifs is 3. The lowest BCUT2D eigenvalue weighted by Gasteiger charge is -2.48. The fourth-order valence-corrected chi connectivity index (χ4v) is 4.61. The van der Waals surface area contributed by atoms with Crippen LogP contribution in [0.15, 0.2) is 18.2 Å². The molecule has 0 saturated carbocycles. The van der Waals surface area contributed by atoms with Gasteiger partial charge in [0.05, 0.1) is 11.1 Å². The zero-order valence-corrected chi connectivity index (χ0v) is 14.7. The Morgan fingerprint density at radius 1 is 1.00 bits per heavy atom. The van der Waals surface area contributed by atoms with E-state index in [4.69, 9.17) is 0 Å². The van der Waals surface area contributed by atoms with E-state index in [-0.39, 0.29) is 18.7 Å². The van der Waals surface area contributed by atoms with Crippen molar-refractivity contribution in [2.45, 2.75) is 43.9 Å². The van der Waals surface area contributed by atoms with Gasteiger partial charge >= 0.3 is 0 Å². The quantitative estimate of drug-likeness (QED) is 0.707. The normalized spacial score (nSPS) is 30.2. The summed E-state index contributed by atoms with van der Waals surface area (Å²) in [7, 11) is 0. The van der Waals surface area contributed by atoms with E-state index >= 15 is 0 Å². The number of rotatable bonds is 3. The summed E-state index contributed by atoms with van der Waals surface area (Å²) in [6.07, 6.45) is 1.53. The summed E-state index contributed by atoms with van der Waals surface area (Å²) in [6.45, 7) is 2.72. The lowest BCUT2D eigenvalue weighted by molar-refractivity contribution is -0.136. The summed E-state index contributed by atoms with van der Waals surface area (Å²) in [5.41, 5.74) is 1.67. The third-order valence-electron chi connectivity index (χ3n) is 5.91. The molecule has 5 heterocycles. The fraction of sp³-hybridized carbons (Fsp3) is 0.474. The SMILES string of the molecule is O=C1CCC(N2C(=O)c3ccc(CN4C[C@H]5C[C@@H](C4)N5)cc3C2=O)C(=O)N1. The molecule has 1 unspecified atom stereocenters. The van der Waals surface area contributed by atoms with Gasteiger partial charge in [-0.1, -0.05) is 6.07 Å². The Hall–Kier alpha value is -2.58. The highest BCUT2D eigenvalue weighted by Crippen LogP contribution is 2.29. The van der Waals surface area contributed by atoms with Crippen molar-refractivity contribution < 1.29 is 19.2 Å². The lowest BCUT2D eigenvalue weighted by atomic mass is 9.91. The molecule has 5 aliphatic rings. The standard InChI is InChI=1S/C19H20N4O4/c24-16-4-3-15(17(25)21-16)23-18(26)13-2-1-10(5-14(13)19(23)27)7-22-8-11-6-12(9-22)20-11/h1-2,5,11-12,15,20H,3-4,6-9H2,(H,21,24,25)/t11-,12+,15?. The third-order valence-corrected chi connectivity index (χ3v) is 5.91. The molecule has 2 bridgehead atoms. The average Bonchev–Trinajstić information content (AvgIpc) is 2.86. The van der Waals surface area contributed by atoms with Crippen LogP contribution in [0.4, 0.5) is 0 Å². The second-order valence-corrected chi connectivity index (χ2v) is 7.82. The van der Waals surface area contributed by atoms with E-state index in [2.05, 4.69) is 15.5 Å². The number of carbonyl (C=O) groups excluding carboxylic acids is 4. The van der Waals surface area contributed by atoms with Gasteiger partial charge in [0, 0.05) is 38.1 Å². The van der Waals surface area contributed by atoms with Crippen molar-refractivity contribution in [1.29, 1.82) is 0 Å². The van der Waals surface area contributed by atoms with Crippen LogP contribution in [0.3, 0.4) is 0 Å². The lowest BCUT2D eigenvalue weighted by Crippen LogP contribution is -2.66. The first kappa shape index (κ1) is 16.6. The van der Waals surface area contributed by atoms with Gasteiger partial charge in [0.2, 0.25) is 11.8 Å². The zero-order chi connectivity index (χ0) is 18.7. The number of piperazine rings is 1. The van der Waals surface area contributed by atoms with Gasteiger partial charge in [-0.3, -0.25) is 34.3 Å². The molecule has 4 saturated heterocycles. The monoisotopic (exact) mass is 368 g/mol. The fourth-order valence-electron chi connectivity index (χ4n) is 4.61. The van der Waals surface area contributed by atoms with Crippen LogP contribution in [0.1, 0.15) is 45.5 Å². The van der Waals surface area contributed by atoms with Gasteiger partial charge in [-0.05, 0) is 30.5 Å². The minimum Gasteiger partial charge on any atom is -0.309 e. The smallest absolute Gasteiger partial charge is 0.262 e. The van der Waals surface area contributed by atoms with Gasteiger partial charge in [0.25, 0.3) is 11.8 Å². The van der Waals surface area contributed by atoms with E-state index in [1.54, 1.807) is 12.1 Å². The molecule has 8 heteroatoms. The number of nitrogens with one attached hydrogen (secondary N) is 2. The van der Waals surface area contributed by atoms with E-state index in [1.807, 2.05) is 6.07 Å². The minimum absolute atomic E-state index is 0.125. The van der Waals surface area contributed by atoms with E-state index in [1.165, 1.54) is 6.42 Å². The van der Waals surface area contributed by atoms with Crippen molar-refractivity contribution in [3.05, 3.63) is 34.9 Å². The number of nitrogens with zero attached hydrogens (tertiary/aromatic N) is 2. The Kier molecular flexibility index (Phi) is 3.66. The van der Waals surface area contributed by atoms with Crippen molar-refractivity contribution in [3.63, 3.8) is 0 Å². The first-order chi connectivity index (χ1) is 13.0. The number of carbonyl (C=O) groups is 4. The Bertz CT molecular complexity index is 866. The van der Waals surface area contributed by atoms with Crippen molar-refractivity contribution in [2.75, 3.05) is 13.1 Å². The number of amides is 4. The maximum atomic E-state index is 12.9. The maximum absolute atomic E-state index is 12.9. The molecule has 0 radical (unpaired) electrons. The third kappa shape index (κ3) is 2.67. The molecule has 0 aromatic heterocycles. The minimum atomic E-state index is -0.918. The van der Waals surface area contributed by atoms with Crippen LogP contribution in [-0.4, -0.2) is 64.6 Å². The molecule has 140 valence electrons. The Morgan fingerprint density at radius 2 is 1.70 bits per heavy atom. The predicted molar refractivity (Wildman–Crippen MR) is 93.7 cm³/mol. The Labute approximate surface area is 155 Å². The number of piperidine rings is 2. The Balaban J connectivity index is 1.36. The summed E-state index contributed by atoms with van der Waals surface area (Å²) < 4.78 is 0. The van der Waals surface area contributed by atoms with Crippen LogP contribution in [0.2, 0.25) is 0 Å². The molecule has 1 aromatic carbocycles. The van der Waals surface area contributed by atoms with Gasteiger partial charge in [0.15, 0.2) is 0 Å². The molecule has 2 N–H and O–H groups in total. The van der Waals surface area contributed by atoms with Crippen LogP contribution in [0.25, 0.3) is 0 Å². The molecule has 6 rings (SSSR count). The van der Waals surface area contributed by atoms with E-state index < -0.39 is 23.8 Å². The van der Waals surface area contributed by atoms with E-state index in [0.717, 1.165) is 30.1 Å². The Morgan fingerprint density at radius 3 is 2.41 bits per heavy atom. The van der Waals surface area contributed by atoms with Crippen molar-refractivity contribution in [1.82, 2.24) is 20.4 Å². The molecule has 0 aliphatic carbocycles. The largest absolute Gasteiger partial charge is 0.309 e. The molecule has 8 nitrogen and oxygen atoms in total. The molecule has 5 aliphatic heterocycles. The zero-order valence-electron chi connectivity index (χ0n) is 14.7. The van der Waals surface area contributed by atoms with Crippen LogP contribution in [-0.2, 0) is 16.1 Å². The molecule has 1 aromatic rings. The number of benzene rings is 1. The molecule has 0 spiro atoms.